The van der Waals surface area contributed by atoms with E-state index in [-0.39, 0.29) is 11.6 Å². The quantitative estimate of drug-likeness (QED) is 0.845. The van der Waals surface area contributed by atoms with Gasteiger partial charge in [-0.1, -0.05) is 0 Å². The van der Waals surface area contributed by atoms with Gasteiger partial charge in [0.2, 0.25) is 0 Å². The molecule has 0 atom stereocenters. The number of halogens is 1. The van der Waals surface area contributed by atoms with Gasteiger partial charge >= 0.3 is 6.09 Å². The van der Waals surface area contributed by atoms with Gasteiger partial charge in [0.25, 0.3) is 0 Å². The zero-order valence-corrected chi connectivity index (χ0v) is 16.0. The third kappa shape index (κ3) is 5.06. The Balaban J connectivity index is 1.94. The van der Waals surface area contributed by atoms with Crippen LogP contribution in [0.25, 0.3) is 0 Å². The highest BCUT2D eigenvalue weighted by atomic mass is 79.9. The molecule has 0 saturated carbocycles. The van der Waals surface area contributed by atoms with Crippen LogP contribution in [-0.2, 0) is 4.74 Å². The number of hydrogen-bond donors (Lipinski definition) is 1. The van der Waals surface area contributed by atoms with Gasteiger partial charge in [-0.15, -0.1) is 0 Å². The van der Waals surface area contributed by atoms with Crippen LogP contribution >= 0.6 is 15.9 Å². The van der Waals surface area contributed by atoms with Crippen molar-refractivity contribution in [1.82, 2.24) is 15.3 Å². The Kier molecular flexibility index (Phi) is 5.18. The van der Waals surface area contributed by atoms with Crippen molar-refractivity contribution in [2.24, 2.45) is 0 Å². The lowest BCUT2D eigenvalue weighted by atomic mass is 9.90. The van der Waals surface area contributed by atoms with Crippen molar-refractivity contribution < 1.29 is 9.53 Å². The number of carbonyl (C=O) groups excluding carboxylic acids is 1. The molecule has 0 radical (unpaired) electrons. The summed E-state index contributed by atoms with van der Waals surface area (Å²) in [6.45, 7) is 11.2. The lowest BCUT2D eigenvalue weighted by molar-refractivity contribution is 0.0448. The van der Waals surface area contributed by atoms with E-state index in [1.165, 1.54) is 0 Å². The number of aryl methyl sites for hydroxylation is 1. The molecule has 1 amide bonds. The first-order valence-corrected chi connectivity index (χ1v) is 8.63. The van der Waals surface area contributed by atoms with Crippen molar-refractivity contribution in [3.63, 3.8) is 0 Å². The Labute approximate surface area is 146 Å². The molecule has 0 bridgehead atoms. The highest BCUT2D eigenvalue weighted by Gasteiger charge is 2.33. The van der Waals surface area contributed by atoms with E-state index in [0.29, 0.717) is 0 Å². The van der Waals surface area contributed by atoms with E-state index in [9.17, 15) is 4.79 Å². The number of nitrogens with one attached hydrogen (secondary N) is 1. The Morgan fingerprint density at radius 3 is 2.52 bits per heavy atom. The number of ether oxygens (including phenoxy) is 1. The van der Waals surface area contributed by atoms with Gasteiger partial charge in [-0.25, -0.2) is 14.8 Å². The number of carbonyl (C=O) groups is 1. The summed E-state index contributed by atoms with van der Waals surface area (Å²) in [6, 6.07) is 0. The van der Waals surface area contributed by atoms with Crippen molar-refractivity contribution in [3.05, 3.63) is 16.5 Å². The number of alkyl carbamates (subject to hydrolysis) is 1. The summed E-state index contributed by atoms with van der Waals surface area (Å²) in [6.07, 6.45) is 3.10. The van der Waals surface area contributed by atoms with Crippen LogP contribution in [0.2, 0.25) is 0 Å². The lowest BCUT2D eigenvalue weighted by Crippen LogP contribution is -2.54. The second kappa shape index (κ2) is 6.63. The second-order valence-corrected chi connectivity index (χ2v) is 8.03. The van der Waals surface area contributed by atoms with Crippen LogP contribution in [0.3, 0.4) is 0 Å². The van der Waals surface area contributed by atoms with Gasteiger partial charge < -0.3 is 15.0 Å². The van der Waals surface area contributed by atoms with Crippen LogP contribution in [0.4, 0.5) is 10.6 Å². The zero-order chi connectivity index (χ0) is 17.3. The number of nitrogens with zero attached hydrogens (tertiary/aromatic N) is 3. The predicted molar refractivity (Wildman–Crippen MR) is 93.7 cm³/mol. The third-order valence-corrected chi connectivity index (χ3v) is 4.65. The topological polar surface area (TPSA) is 67.4 Å². The van der Waals surface area contributed by atoms with E-state index in [1.807, 2.05) is 27.7 Å². The summed E-state index contributed by atoms with van der Waals surface area (Å²) in [7, 11) is 0. The maximum atomic E-state index is 12.0. The number of piperidine rings is 1. The largest absolute Gasteiger partial charge is 0.444 e. The van der Waals surface area contributed by atoms with Crippen LogP contribution in [0.1, 0.15) is 46.2 Å². The summed E-state index contributed by atoms with van der Waals surface area (Å²) in [5.74, 6) is 0.880. The fourth-order valence-electron chi connectivity index (χ4n) is 2.51. The molecule has 1 aromatic heterocycles. The van der Waals surface area contributed by atoms with E-state index in [2.05, 4.69) is 43.0 Å². The minimum atomic E-state index is -0.480. The van der Waals surface area contributed by atoms with E-state index in [1.54, 1.807) is 6.20 Å². The summed E-state index contributed by atoms with van der Waals surface area (Å²) in [5, 5.41) is 3.01. The fourth-order valence-corrected chi connectivity index (χ4v) is 2.70. The molecule has 1 aliphatic heterocycles. The van der Waals surface area contributed by atoms with E-state index < -0.39 is 5.60 Å². The number of amides is 1. The Bertz CT molecular complexity index is 578. The number of anilines is 1. The minimum absolute atomic E-state index is 0.253. The van der Waals surface area contributed by atoms with Gasteiger partial charge in [0, 0.05) is 18.6 Å². The Hall–Kier alpha value is -1.37. The Morgan fingerprint density at radius 2 is 2.00 bits per heavy atom. The van der Waals surface area contributed by atoms with Crippen molar-refractivity contribution in [2.45, 2.75) is 58.6 Å². The molecule has 0 spiro atoms. The molecule has 1 aliphatic rings. The molecule has 2 heterocycles. The van der Waals surface area contributed by atoms with Gasteiger partial charge in [-0.05, 0) is 63.4 Å². The average molecular weight is 385 g/mol. The molecular weight excluding hydrogens is 360 g/mol. The molecule has 7 heteroatoms. The lowest BCUT2D eigenvalue weighted by Gasteiger charge is -2.40. The smallest absolute Gasteiger partial charge is 0.408 e. The number of aromatic nitrogens is 2. The van der Waals surface area contributed by atoms with Crippen LogP contribution in [0, 0.1) is 6.92 Å². The molecular formula is C16H25BrN4O2. The van der Waals surface area contributed by atoms with E-state index in [0.717, 1.165) is 42.0 Å². The standard InChI is InChI=1S/C16H25BrN4O2/c1-11-13(17)18-10-12(19-11)21-8-6-16(5,7-9-21)20-14(22)23-15(2,3)4/h10H,6-9H2,1-5H3,(H,20,22). The fraction of sp³-hybridized carbons (Fsp3) is 0.688. The van der Waals surface area contributed by atoms with Gasteiger partial charge in [-0.2, -0.15) is 0 Å². The average Bonchev–Trinajstić information content (AvgIpc) is 2.40. The Morgan fingerprint density at radius 1 is 1.39 bits per heavy atom. The molecule has 23 heavy (non-hydrogen) atoms. The van der Waals surface area contributed by atoms with Gasteiger partial charge in [0.1, 0.15) is 16.0 Å². The highest BCUT2D eigenvalue weighted by molar-refractivity contribution is 9.10. The van der Waals surface area contributed by atoms with Crippen molar-refractivity contribution >= 4 is 27.8 Å². The van der Waals surface area contributed by atoms with Crippen LogP contribution in [0.15, 0.2) is 10.8 Å². The monoisotopic (exact) mass is 384 g/mol. The van der Waals surface area contributed by atoms with Crippen LogP contribution < -0.4 is 10.2 Å². The molecule has 0 aliphatic carbocycles. The number of rotatable bonds is 2. The molecule has 0 aromatic carbocycles. The first-order valence-electron chi connectivity index (χ1n) is 7.83. The molecule has 0 unspecified atom stereocenters. The molecule has 128 valence electrons. The SMILES string of the molecule is Cc1nc(N2CCC(C)(NC(=O)OC(C)(C)C)CC2)cnc1Br. The van der Waals surface area contributed by atoms with Crippen molar-refractivity contribution in [1.29, 1.82) is 0 Å². The van der Waals surface area contributed by atoms with Gasteiger partial charge in [0.15, 0.2) is 0 Å². The summed E-state index contributed by atoms with van der Waals surface area (Å²) in [4.78, 5) is 23.1. The van der Waals surface area contributed by atoms with Crippen LogP contribution in [0.5, 0.6) is 0 Å². The van der Waals surface area contributed by atoms with Gasteiger partial charge in [0.05, 0.1) is 11.9 Å². The second-order valence-electron chi connectivity index (χ2n) is 7.28. The van der Waals surface area contributed by atoms with Crippen molar-refractivity contribution in [3.8, 4) is 0 Å². The number of hydrogen-bond acceptors (Lipinski definition) is 5. The molecule has 6 nitrogen and oxygen atoms in total. The summed E-state index contributed by atoms with van der Waals surface area (Å²) < 4.78 is 6.13. The molecule has 1 N–H and O–H groups in total. The third-order valence-electron chi connectivity index (χ3n) is 3.87. The first kappa shape index (κ1) is 18.0. The zero-order valence-electron chi connectivity index (χ0n) is 14.4. The van der Waals surface area contributed by atoms with E-state index in [4.69, 9.17) is 4.74 Å². The summed E-state index contributed by atoms with van der Waals surface area (Å²) >= 11 is 3.37. The van der Waals surface area contributed by atoms with E-state index >= 15 is 0 Å². The van der Waals surface area contributed by atoms with Gasteiger partial charge in [-0.3, -0.25) is 0 Å². The predicted octanol–water partition coefficient (Wildman–Crippen LogP) is 3.43. The first-order chi connectivity index (χ1) is 10.6. The molecule has 1 fully saturated rings. The maximum Gasteiger partial charge on any atom is 0.408 e. The van der Waals surface area contributed by atoms with Crippen molar-refractivity contribution in [2.75, 3.05) is 18.0 Å². The van der Waals surface area contributed by atoms with Crippen LogP contribution in [-0.4, -0.2) is 40.3 Å². The molecule has 2 rings (SSSR count). The normalized spacial score (nSPS) is 17.7. The molecule has 1 aromatic rings. The highest BCUT2D eigenvalue weighted by Crippen LogP contribution is 2.26. The minimum Gasteiger partial charge on any atom is -0.444 e. The molecule has 1 saturated heterocycles. The summed E-state index contributed by atoms with van der Waals surface area (Å²) in [5.41, 5.74) is 0.144. The maximum absolute atomic E-state index is 12.0.